The van der Waals surface area contributed by atoms with Crippen molar-refractivity contribution in [1.82, 2.24) is 0 Å². The van der Waals surface area contributed by atoms with Crippen LogP contribution in [0.15, 0.2) is 42.5 Å². The van der Waals surface area contributed by atoms with Crippen molar-refractivity contribution in [3.63, 3.8) is 0 Å². The van der Waals surface area contributed by atoms with Gasteiger partial charge < -0.3 is 10.6 Å². The summed E-state index contributed by atoms with van der Waals surface area (Å²) in [6.45, 7) is 3.70. The highest BCUT2D eigenvalue weighted by Crippen LogP contribution is 2.34. The van der Waals surface area contributed by atoms with E-state index in [4.69, 9.17) is 0 Å². The summed E-state index contributed by atoms with van der Waals surface area (Å²) in [4.78, 5) is 23.9. The van der Waals surface area contributed by atoms with Crippen LogP contribution in [0.1, 0.15) is 23.1 Å². The highest BCUT2D eigenvalue weighted by molar-refractivity contribution is 6.08. The van der Waals surface area contributed by atoms with Gasteiger partial charge in [0.25, 0.3) is 0 Å². The summed E-state index contributed by atoms with van der Waals surface area (Å²) in [5, 5.41) is 4.73. The Morgan fingerprint density at radius 1 is 0.880 bits per heavy atom. The van der Waals surface area contributed by atoms with E-state index in [-0.39, 0.29) is 5.69 Å². The molecule has 2 aromatic rings. The quantitative estimate of drug-likeness (QED) is 0.808. The summed E-state index contributed by atoms with van der Waals surface area (Å²) >= 11 is 0. The van der Waals surface area contributed by atoms with Gasteiger partial charge in [-0.05, 0) is 43.2 Å². The zero-order chi connectivity index (χ0) is 18.6. The van der Waals surface area contributed by atoms with E-state index < -0.39 is 30.0 Å². The summed E-state index contributed by atoms with van der Waals surface area (Å²) in [7, 11) is 0. The average Bonchev–Trinajstić information content (AvgIpc) is 2.51. The zero-order valence-corrected chi connectivity index (χ0v) is 13.7. The molecular formula is C18H17F3N2O2. The number of nitrogens with one attached hydrogen (secondary N) is 2. The summed E-state index contributed by atoms with van der Waals surface area (Å²) < 4.78 is 38.7. The SMILES string of the molecule is Cc1cccc(NC(=O)CC(=O)Nc2ccccc2C(F)(F)F)c1C. The molecule has 0 saturated heterocycles. The van der Waals surface area contributed by atoms with Crippen molar-refractivity contribution in [2.75, 3.05) is 10.6 Å². The summed E-state index contributed by atoms with van der Waals surface area (Å²) in [5.74, 6) is -1.42. The maximum Gasteiger partial charge on any atom is 0.418 e. The Morgan fingerprint density at radius 2 is 1.44 bits per heavy atom. The minimum absolute atomic E-state index is 0.375. The second-order valence-electron chi connectivity index (χ2n) is 5.56. The Labute approximate surface area is 143 Å². The fraction of sp³-hybridized carbons (Fsp3) is 0.222. The monoisotopic (exact) mass is 350 g/mol. The molecule has 0 atom stereocenters. The van der Waals surface area contributed by atoms with Crippen LogP contribution in [0.3, 0.4) is 0 Å². The van der Waals surface area contributed by atoms with E-state index in [2.05, 4.69) is 10.6 Å². The molecule has 0 fully saturated rings. The van der Waals surface area contributed by atoms with Gasteiger partial charge >= 0.3 is 6.18 Å². The van der Waals surface area contributed by atoms with Crippen LogP contribution in [-0.2, 0) is 15.8 Å². The lowest BCUT2D eigenvalue weighted by Crippen LogP contribution is -2.23. The third-order valence-electron chi connectivity index (χ3n) is 3.71. The second-order valence-corrected chi connectivity index (χ2v) is 5.56. The molecule has 2 rings (SSSR count). The van der Waals surface area contributed by atoms with Crippen molar-refractivity contribution in [3.8, 4) is 0 Å². The zero-order valence-electron chi connectivity index (χ0n) is 13.7. The normalized spacial score (nSPS) is 11.1. The molecule has 25 heavy (non-hydrogen) atoms. The summed E-state index contributed by atoms with van der Waals surface area (Å²) in [6.07, 6.45) is -5.18. The predicted molar refractivity (Wildman–Crippen MR) is 89.2 cm³/mol. The molecule has 0 aliphatic carbocycles. The van der Waals surface area contributed by atoms with Gasteiger partial charge in [0.05, 0.1) is 11.3 Å². The van der Waals surface area contributed by atoms with Crippen LogP contribution in [0.5, 0.6) is 0 Å². The fourth-order valence-corrected chi connectivity index (χ4v) is 2.26. The standard InChI is InChI=1S/C18H17F3N2O2/c1-11-6-5-9-14(12(11)2)22-16(24)10-17(25)23-15-8-4-3-7-13(15)18(19,20)21/h3-9H,10H2,1-2H3,(H,22,24)(H,23,25). The van der Waals surface area contributed by atoms with Crippen LogP contribution in [0.4, 0.5) is 24.5 Å². The summed E-state index contributed by atoms with van der Waals surface area (Å²) in [5.41, 5.74) is 1.06. The minimum atomic E-state index is -4.59. The Bertz CT molecular complexity index is 801. The number of hydrogen-bond acceptors (Lipinski definition) is 2. The topological polar surface area (TPSA) is 58.2 Å². The van der Waals surface area contributed by atoms with Crippen LogP contribution in [0.25, 0.3) is 0 Å². The van der Waals surface area contributed by atoms with Crippen molar-refractivity contribution in [2.45, 2.75) is 26.4 Å². The molecule has 0 radical (unpaired) electrons. The molecule has 7 heteroatoms. The van der Waals surface area contributed by atoms with Gasteiger partial charge in [-0.25, -0.2) is 0 Å². The Kier molecular flexibility index (Phi) is 5.46. The van der Waals surface area contributed by atoms with Gasteiger partial charge in [0, 0.05) is 5.69 Å². The van der Waals surface area contributed by atoms with Gasteiger partial charge in [-0.2, -0.15) is 13.2 Å². The predicted octanol–water partition coefficient (Wildman–Crippen LogP) is 4.29. The van der Waals surface area contributed by atoms with E-state index in [0.29, 0.717) is 5.69 Å². The van der Waals surface area contributed by atoms with Crippen LogP contribution in [0, 0.1) is 13.8 Å². The number of carbonyl (C=O) groups is 2. The number of amides is 2. The molecule has 0 spiro atoms. The smallest absolute Gasteiger partial charge is 0.325 e. The lowest BCUT2D eigenvalue weighted by molar-refractivity contribution is -0.137. The Morgan fingerprint density at radius 3 is 2.08 bits per heavy atom. The van der Waals surface area contributed by atoms with Crippen LogP contribution < -0.4 is 10.6 Å². The van der Waals surface area contributed by atoms with Gasteiger partial charge in [-0.1, -0.05) is 24.3 Å². The molecule has 2 amide bonds. The molecule has 2 N–H and O–H groups in total. The highest BCUT2D eigenvalue weighted by Gasteiger charge is 2.33. The van der Waals surface area contributed by atoms with Gasteiger partial charge in [-0.3, -0.25) is 9.59 Å². The number of hydrogen-bond donors (Lipinski definition) is 2. The molecule has 0 bridgehead atoms. The number of alkyl halides is 3. The van der Waals surface area contributed by atoms with E-state index >= 15 is 0 Å². The van der Waals surface area contributed by atoms with Gasteiger partial charge in [-0.15, -0.1) is 0 Å². The molecule has 2 aromatic carbocycles. The fourth-order valence-electron chi connectivity index (χ4n) is 2.26. The molecular weight excluding hydrogens is 333 g/mol. The number of carbonyl (C=O) groups excluding carboxylic acids is 2. The van der Waals surface area contributed by atoms with Crippen LogP contribution in [-0.4, -0.2) is 11.8 Å². The Hall–Kier alpha value is -2.83. The number of anilines is 2. The minimum Gasteiger partial charge on any atom is -0.325 e. The molecule has 0 aliphatic rings. The highest BCUT2D eigenvalue weighted by atomic mass is 19.4. The number of rotatable bonds is 4. The largest absolute Gasteiger partial charge is 0.418 e. The number of para-hydroxylation sites is 1. The molecule has 0 aliphatic heterocycles. The lowest BCUT2D eigenvalue weighted by atomic mass is 10.1. The number of benzene rings is 2. The van der Waals surface area contributed by atoms with Crippen LogP contribution >= 0.6 is 0 Å². The van der Waals surface area contributed by atoms with Gasteiger partial charge in [0.15, 0.2) is 0 Å². The first-order valence-electron chi connectivity index (χ1n) is 7.50. The van der Waals surface area contributed by atoms with E-state index in [1.807, 2.05) is 19.9 Å². The molecule has 0 aromatic heterocycles. The Balaban J connectivity index is 2.04. The third-order valence-corrected chi connectivity index (χ3v) is 3.71. The first-order valence-corrected chi connectivity index (χ1v) is 7.50. The molecule has 0 saturated carbocycles. The average molecular weight is 350 g/mol. The first kappa shape index (κ1) is 18.5. The lowest BCUT2D eigenvalue weighted by Gasteiger charge is -2.14. The maximum atomic E-state index is 12.9. The van der Waals surface area contributed by atoms with Crippen molar-refractivity contribution in [1.29, 1.82) is 0 Å². The first-order chi connectivity index (χ1) is 11.7. The van der Waals surface area contributed by atoms with Crippen molar-refractivity contribution in [3.05, 3.63) is 59.2 Å². The van der Waals surface area contributed by atoms with Gasteiger partial charge in [0.2, 0.25) is 11.8 Å². The molecule has 132 valence electrons. The number of aryl methyl sites for hydroxylation is 1. The van der Waals surface area contributed by atoms with Crippen molar-refractivity contribution >= 4 is 23.2 Å². The van der Waals surface area contributed by atoms with Crippen LogP contribution in [0.2, 0.25) is 0 Å². The molecule has 4 nitrogen and oxygen atoms in total. The van der Waals surface area contributed by atoms with E-state index in [1.54, 1.807) is 12.1 Å². The van der Waals surface area contributed by atoms with E-state index in [0.717, 1.165) is 23.3 Å². The van der Waals surface area contributed by atoms with E-state index in [9.17, 15) is 22.8 Å². The molecule has 0 heterocycles. The number of halogens is 3. The summed E-state index contributed by atoms with van der Waals surface area (Å²) in [6, 6.07) is 9.95. The van der Waals surface area contributed by atoms with Gasteiger partial charge in [0.1, 0.15) is 6.42 Å². The second kappa shape index (κ2) is 7.38. The maximum absolute atomic E-state index is 12.9. The molecule has 0 unspecified atom stereocenters. The third kappa shape index (κ3) is 4.82. The van der Waals surface area contributed by atoms with E-state index in [1.165, 1.54) is 12.1 Å². The van der Waals surface area contributed by atoms with Crippen molar-refractivity contribution < 1.29 is 22.8 Å². The van der Waals surface area contributed by atoms with Crippen molar-refractivity contribution in [2.24, 2.45) is 0 Å².